The van der Waals surface area contributed by atoms with Gasteiger partial charge in [-0.3, -0.25) is 4.79 Å². The molecule has 3 aromatic carbocycles. The second kappa shape index (κ2) is 7.44. The summed E-state index contributed by atoms with van der Waals surface area (Å²) in [5.74, 6) is -0.0521. The molecule has 5 aromatic rings. The van der Waals surface area contributed by atoms with Crippen molar-refractivity contribution >= 4 is 33.4 Å². The molecule has 0 radical (unpaired) electrons. The highest BCUT2D eigenvalue weighted by Crippen LogP contribution is 2.31. The standard InChI is InChI=1S/C23H20N6O/c1-2-28-21-6-4-3-5-19(21)20-14-17(9-12-22(20)28)25-23(30)13-16-7-10-18(11-8-16)29-15-24-26-27-29/h3-12,14-15H,2,13H2,1H3,(H,25,30). The van der Waals surface area contributed by atoms with Gasteiger partial charge in [0.2, 0.25) is 5.91 Å². The number of hydrogen-bond acceptors (Lipinski definition) is 4. The lowest BCUT2D eigenvalue weighted by molar-refractivity contribution is -0.115. The van der Waals surface area contributed by atoms with E-state index in [1.165, 1.54) is 22.7 Å². The summed E-state index contributed by atoms with van der Waals surface area (Å²) in [6.45, 7) is 3.04. The number of amides is 1. The summed E-state index contributed by atoms with van der Waals surface area (Å²) in [5.41, 5.74) is 4.96. The zero-order valence-corrected chi connectivity index (χ0v) is 16.5. The van der Waals surface area contributed by atoms with Gasteiger partial charge in [-0.1, -0.05) is 30.3 Å². The summed E-state index contributed by atoms with van der Waals surface area (Å²) in [6.07, 6.45) is 1.83. The van der Waals surface area contributed by atoms with Crippen molar-refractivity contribution < 1.29 is 4.79 Å². The first-order chi connectivity index (χ1) is 14.7. The van der Waals surface area contributed by atoms with Gasteiger partial charge in [-0.15, -0.1) is 5.10 Å². The van der Waals surface area contributed by atoms with Gasteiger partial charge in [0.25, 0.3) is 0 Å². The number of nitrogens with one attached hydrogen (secondary N) is 1. The van der Waals surface area contributed by atoms with Crippen LogP contribution >= 0.6 is 0 Å². The van der Waals surface area contributed by atoms with Crippen LogP contribution in [-0.2, 0) is 17.8 Å². The number of carbonyl (C=O) groups excluding carboxylic acids is 1. The lowest BCUT2D eigenvalue weighted by Crippen LogP contribution is -2.14. The number of tetrazole rings is 1. The normalized spacial score (nSPS) is 11.2. The van der Waals surface area contributed by atoms with Gasteiger partial charge in [0.1, 0.15) is 6.33 Å². The van der Waals surface area contributed by atoms with Crippen molar-refractivity contribution in [3.05, 3.63) is 78.6 Å². The SMILES string of the molecule is CCn1c2ccccc2c2cc(NC(=O)Cc3ccc(-n4cnnn4)cc3)ccc21. The number of nitrogens with zero attached hydrogens (tertiary/aromatic N) is 5. The van der Waals surface area contributed by atoms with Crippen LogP contribution in [0.5, 0.6) is 0 Å². The molecule has 0 saturated heterocycles. The molecule has 0 aliphatic carbocycles. The van der Waals surface area contributed by atoms with Crippen molar-refractivity contribution in [2.75, 3.05) is 5.32 Å². The summed E-state index contributed by atoms with van der Waals surface area (Å²) in [5, 5.41) is 16.5. The molecular weight excluding hydrogens is 376 g/mol. The van der Waals surface area contributed by atoms with Gasteiger partial charge in [-0.05, 0) is 59.3 Å². The maximum Gasteiger partial charge on any atom is 0.228 e. The third-order valence-electron chi connectivity index (χ3n) is 5.29. The molecule has 2 heterocycles. The van der Waals surface area contributed by atoms with E-state index in [1.807, 2.05) is 36.4 Å². The molecule has 0 bridgehead atoms. The Morgan fingerprint density at radius 2 is 1.77 bits per heavy atom. The van der Waals surface area contributed by atoms with Crippen LogP contribution in [0.25, 0.3) is 27.5 Å². The predicted octanol–water partition coefficient (Wildman–Crippen LogP) is 3.97. The highest BCUT2D eigenvalue weighted by molar-refractivity contribution is 6.09. The molecule has 5 rings (SSSR count). The minimum Gasteiger partial charge on any atom is -0.341 e. The largest absolute Gasteiger partial charge is 0.341 e. The Balaban J connectivity index is 1.36. The number of aromatic nitrogens is 5. The molecule has 0 aliphatic rings. The molecule has 7 heteroatoms. The third kappa shape index (κ3) is 3.20. The van der Waals surface area contributed by atoms with E-state index in [-0.39, 0.29) is 5.91 Å². The van der Waals surface area contributed by atoms with E-state index < -0.39 is 0 Å². The molecule has 148 valence electrons. The summed E-state index contributed by atoms with van der Waals surface area (Å²) >= 11 is 0. The Hall–Kier alpha value is -4.00. The molecule has 7 nitrogen and oxygen atoms in total. The third-order valence-corrected chi connectivity index (χ3v) is 5.29. The smallest absolute Gasteiger partial charge is 0.228 e. The van der Waals surface area contributed by atoms with Gasteiger partial charge in [-0.25, -0.2) is 4.68 Å². The van der Waals surface area contributed by atoms with Gasteiger partial charge >= 0.3 is 0 Å². The van der Waals surface area contributed by atoms with Crippen molar-refractivity contribution in [3.63, 3.8) is 0 Å². The molecule has 30 heavy (non-hydrogen) atoms. The molecule has 0 atom stereocenters. The van der Waals surface area contributed by atoms with Gasteiger partial charge in [0, 0.05) is 34.0 Å². The van der Waals surface area contributed by atoms with E-state index in [9.17, 15) is 4.79 Å². The Morgan fingerprint density at radius 3 is 2.53 bits per heavy atom. The van der Waals surface area contributed by atoms with Gasteiger partial charge in [0.05, 0.1) is 12.1 Å². The van der Waals surface area contributed by atoms with Crippen LogP contribution in [0.4, 0.5) is 5.69 Å². The Labute approximate surface area is 172 Å². The number of carbonyl (C=O) groups is 1. The van der Waals surface area contributed by atoms with Crippen LogP contribution < -0.4 is 5.32 Å². The molecule has 1 amide bonds. The molecular formula is C23H20N6O. The maximum absolute atomic E-state index is 12.6. The Morgan fingerprint density at radius 1 is 0.967 bits per heavy atom. The fourth-order valence-corrected chi connectivity index (χ4v) is 3.91. The second-order valence-electron chi connectivity index (χ2n) is 7.14. The van der Waals surface area contributed by atoms with Crippen molar-refractivity contribution in [2.24, 2.45) is 0 Å². The topological polar surface area (TPSA) is 77.6 Å². The zero-order valence-electron chi connectivity index (χ0n) is 16.5. The minimum absolute atomic E-state index is 0.0521. The lowest BCUT2D eigenvalue weighted by Gasteiger charge is -2.07. The van der Waals surface area contributed by atoms with Crippen molar-refractivity contribution in [2.45, 2.75) is 19.9 Å². The zero-order chi connectivity index (χ0) is 20.5. The maximum atomic E-state index is 12.6. The number of para-hydroxylation sites is 1. The average molecular weight is 396 g/mol. The monoisotopic (exact) mass is 396 g/mol. The molecule has 0 fully saturated rings. The summed E-state index contributed by atoms with van der Waals surface area (Å²) in [6, 6.07) is 22.1. The van der Waals surface area contributed by atoms with Crippen molar-refractivity contribution in [3.8, 4) is 5.69 Å². The minimum atomic E-state index is -0.0521. The van der Waals surface area contributed by atoms with Crippen LogP contribution in [0.3, 0.4) is 0 Å². The van der Waals surface area contributed by atoms with E-state index in [1.54, 1.807) is 4.68 Å². The first kappa shape index (κ1) is 18.1. The number of hydrogen-bond donors (Lipinski definition) is 1. The fourth-order valence-electron chi connectivity index (χ4n) is 3.91. The molecule has 0 unspecified atom stereocenters. The van der Waals surface area contributed by atoms with Crippen LogP contribution in [0.1, 0.15) is 12.5 Å². The van der Waals surface area contributed by atoms with Gasteiger partial charge in [-0.2, -0.15) is 0 Å². The van der Waals surface area contributed by atoms with E-state index >= 15 is 0 Å². The number of fused-ring (bicyclic) bond motifs is 3. The van der Waals surface area contributed by atoms with E-state index in [0.29, 0.717) is 6.42 Å². The number of benzene rings is 3. The lowest BCUT2D eigenvalue weighted by atomic mass is 10.1. The van der Waals surface area contributed by atoms with E-state index in [4.69, 9.17) is 0 Å². The van der Waals surface area contributed by atoms with E-state index in [0.717, 1.165) is 28.9 Å². The Bertz CT molecular complexity index is 1340. The first-order valence-corrected chi connectivity index (χ1v) is 9.86. The molecule has 0 spiro atoms. The van der Waals surface area contributed by atoms with Crippen LogP contribution in [0, 0.1) is 0 Å². The fraction of sp³-hybridized carbons (Fsp3) is 0.130. The van der Waals surface area contributed by atoms with Crippen molar-refractivity contribution in [1.29, 1.82) is 0 Å². The quantitative estimate of drug-likeness (QED) is 0.488. The molecule has 0 saturated carbocycles. The highest BCUT2D eigenvalue weighted by Gasteiger charge is 2.11. The van der Waals surface area contributed by atoms with Gasteiger partial charge < -0.3 is 9.88 Å². The molecule has 2 aromatic heterocycles. The number of aryl methyl sites for hydroxylation is 1. The highest BCUT2D eigenvalue weighted by atomic mass is 16.1. The summed E-state index contributed by atoms with van der Waals surface area (Å²) < 4.78 is 3.87. The summed E-state index contributed by atoms with van der Waals surface area (Å²) in [4.78, 5) is 12.6. The predicted molar refractivity (Wildman–Crippen MR) is 117 cm³/mol. The van der Waals surface area contributed by atoms with Crippen LogP contribution in [-0.4, -0.2) is 30.7 Å². The van der Waals surface area contributed by atoms with Gasteiger partial charge in [0.15, 0.2) is 0 Å². The van der Waals surface area contributed by atoms with Crippen LogP contribution in [0.15, 0.2) is 73.1 Å². The Kier molecular flexibility index (Phi) is 4.48. The average Bonchev–Trinajstić information content (AvgIpc) is 3.40. The number of rotatable bonds is 5. The summed E-state index contributed by atoms with van der Waals surface area (Å²) in [7, 11) is 0. The first-order valence-electron chi connectivity index (χ1n) is 9.86. The number of anilines is 1. The molecule has 0 aliphatic heterocycles. The molecule has 1 N–H and O–H groups in total. The van der Waals surface area contributed by atoms with Crippen molar-refractivity contribution in [1.82, 2.24) is 24.8 Å². The van der Waals surface area contributed by atoms with E-state index in [2.05, 4.69) is 62.7 Å². The van der Waals surface area contributed by atoms with Crippen LogP contribution in [0.2, 0.25) is 0 Å². The second-order valence-corrected chi connectivity index (χ2v) is 7.14.